The van der Waals surface area contributed by atoms with Gasteiger partial charge < -0.3 is 5.73 Å². The highest BCUT2D eigenvalue weighted by Crippen LogP contribution is 2.42. The lowest BCUT2D eigenvalue weighted by Crippen LogP contribution is -2.06. The van der Waals surface area contributed by atoms with Gasteiger partial charge in [0.15, 0.2) is 5.82 Å². The normalized spacial score (nSPS) is 15.1. The molecule has 0 aliphatic heterocycles. The SMILES string of the molecule is CC(C)c1ccc(Cn2nnc(N)c2C2CC2)cc1. The first-order valence-corrected chi connectivity index (χ1v) is 6.93. The summed E-state index contributed by atoms with van der Waals surface area (Å²) in [6, 6.07) is 8.72. The molecule has 2 N–H and O–H groups in total. The summed E-state index contributed by atoms with van der Waals surface area (Å²) in [6.45, 7) is 5.17. The summed E-state index contributed by atoms with van der Waals surface area (Å²) in [5.41, 5.74) is 9.64. The Bertz CT molecular complexity index is 564. The Labute approximate surface area is 113 Å². The van der Waals surface area contributed by atoms with Crippen LogP contribution in [0.15, 0.2) is 24.3 Å². The molecule has 2 aromatic rings. The predicted octanol–water partition coefficient (Wildman–Crippen LogP) is 2.91. The molecule has 1 saturated carbocycles. The molecule has 19 heavy (non-hydrogen) atoms. The molecule has 4 heteroatoms. The highest BCUT2D eigenvalue weighted by Gasteiger charge is 2.30. The molecule has 1 aliphatic rings. The third kappa shape index (κ3) is 2.48. The van der Waals surface area contributed by atoms with Crippen LogP contribution in [-0.2, 0) is 6.54 Å². The van der Waals surface area contributed by atoms with Gasteiger partial charge in [0.25, 0.3) is 0 Å². The van der Waals surface area contributed by atoms with E-state index in [2.05, 4.69) is 48.4 Å². The number of nitrogens with two attached hydrogens (primary N) is 1. The average molecular weight is 256 g/mol. The topological polar surface area (TPSA) is 56.7 Å². The van der Waals surface area contributed by atoms with Crippen molar-refractivity contribution in [3.63, 3.8) is 0 Å². The van der Waals surface area contributed by atoms with Gasteiger partial charge in [-0.2, -0.15) is 0 Å². The van der Waals surface area contributed by atoms with Crippen LogP contribution >= 0.6 is 0 Å². The fraction of sp³-hybridized carbons (Fsp3) is 0.467. The minimum atomic E-state index is 0.568. The maximum absolute atomic E-state index is 5.91. The van der Waals surface area contributed by atoms with E-state index in [1.54, 1.807) is 0 Å². The maximum atomic E-state index is 5.91. The third-order valence-corrected chi connectivity index (χ3v) is 3.74. The van der Waals surface area contributed by atoms with E-state index in [1.807, 2.05) is 4.68 Å². The minimum Gasteiger partial charge on any atom is -0.381 e. The average Bonchev–Trinajstić information content (AvgIpc) is 3.16. The Morgan fingerprint density at radius 1 is 1.26 bits per heavy atom. The van der Waals surface area contributed by atoms with Gasteiger partial charge in [-0.1, -0.05) is 43.3 Å². The molecular weight excluding hydrogens is 236 g/mol. The second kappa shape index (κ2) is 4.68. The Morgan fingerprint density at radius 2 is 1.95 bits per heavy atom. The second-order valence-electron chi connectivity index (χ2n) is 5.69. The lowest BCUT2D eigenvalue weighted by molar-refractivity contribution is 0.619. The van der Waals surface area contributed by atoms with Crippen LogP contribution in [0.1, 0.15) is 55.3 Å². The smallest absolute Gasteiger partial charge is 0.169 e. The number of anilines is 1. The summed E-state index contributed by atoms with van der Waals surface area (Å²) in [6.07, 6.45) is 2.42. The van der Waals surface area contributed by atoms with Crippen LogP contribution in [0.5, 0.6) is 0 Å². The van der Waals surface area contributed by atoms with Crippen molar-refractivity contribution in [1.29, 1.82) is 0 Å². The summed E-state index contributed by atoms with van der Waals surface area (Å²) >= 11 is 0. The monoisotopic (exact) mass is 256 g/mol. The van der Waals surface area contributed by atoms with Gasteiger partial charge in [-0.15, -0.1) is 5.10 Å². The quantitative estimate of drug-likeness (QED) is 0.915. The Kier molecular flexibility index (Phi) is 3.01. The van der Waals surface area contributed by atoms with Gasteiger partial charge in [-0.05, 0) is 29.9 Å². The molecule has 0 radical (unpaired) electrons. The summed E-state index contributed by atoms with van der Waals surface area (Å²) in [5.74, 6) is 1.74. The summed E-state index contributed by atoms with van der Waals surface area (Å²) in [7, 11) is 0. The summed E-state index contributed by atoms with van der Waals surface area (Å²) in [5, 5.41) is 8.18. The molecule has 4 nitrogen and oxygen atoms in total. The molecule has 1 aromatic heterocycles. The van der Waals surface area contributed by atoms with Crippen molar-refractivity contribution in [1.82, 2.24) is 15.0 Å². The molecule has 1 aliphatic carbocycles. The zero-order chi connectivity index (χ0) is 13.4. The number of nitrogens with zero attached hydrogens (tertiary/aromatic N) is 3. The third-order valence-electron chi connectivity index (χ3n) is 3.74. The van der Waals surface area contributed by atoms with Crippen molar-refractivity contribution in [2.24, 2.45) is 0 Å². The Balaban J connectivity index is 1.81. The standard InChI is InChI=1S/C15H20N4/c1-10(2)12-5-3-11(4-6-12)9-19-14(13-7-8-13)15(16)17-18-19/h3-6,10,13H,7-9,16H2,1-2H3. The van der Waals surface area contributed by atoms with E-state index in [4.69, 9.17) is 5.73 Å². The molecule has 100 valence electrons. The molecular formula is C15H20N4. The van der Waals surface area contributed by atoms with Crippen molar-refractivity contribution < 1.29 is 0 Å². The lowest BCUT2D eigenvalue weighted by atomic mass is 10.0. The fourth-order valence-electron chi connectivity index (χ4n) is 2.41. The van der Waals surface area contributed by atoms with E-state index in [0.29, 0.717) is 17.7 Å². The summed E-state index contributed by atoms with van der Waals surface area (Å²) in [4.78, 5) is 0. The molecule has 0 atom stereocenters. The molecule has 3 rings (SSSR count). The van der Waals surface area contributed by atoms with Gasteiger partial charge >= 0.3 is 0 Å². The van der Waals surface area contributed by atoms with Crippen LogP contribution in [-0.4, -0.2) is 15.0 Å². The highest BCUT2D eigenvalue weighted by atomic mass is 15.4. The molecule has 1 heterocycles. The van der Waals surface area contributed by atoms with Crippen LogP contribution in [0.25, 0.3) is 0 Å². The number of aromatic nitrogens is 3. The van der Waals surface area contributed by atoms with Gasteiger partial charge in [0.05, 0.1) is 12.2 Å². The van der Waals surface area contributed by atoms with Crippen LogP contribution in [0, 0.1) is 0 Å². The van der Waals surface area contributed by atoms with E-state index in [1.165, 1.54) is 24.0 Å². The second-order valence-corrected chi connectivity index (χ2v) is 5.69. The van der Waals surface area contributed by atoms with E-state index in [-0.39, 0.29) is 0 Å². The highest BCUT2D eigenvalue weighted by molar-refractivity contribution is 5.38. The number of hydrogen-bond acceptors (Lipinski definition) is 3. The van der Waals surface area contributed by atoms with Crippen molar-refractivity contribution in [2.45, 2.75) is 45.1 Å². The maximum Gasteiger partial charge on any atom is 0.169 e. The lowest BCUT2D eigenvalue weighted by Gasteiger charge is -2.08. The van der Waals surface area contributed by atoms with Gasteiger partial charge in [-0.3, -0.25) is 0 Å². The molecule has 0 saturated heterocycles. The van der Waals surface area contributed by atoms with Crippen molar-refractivity contribution in [3.05, 3.63) is 41.1 Å². The molecule has 0 unspecified atom stereocenters. The minimum absolute atomic E-state index is 0.568. The first-order chi connectivity index (χ1) is 9.15. The van der Waals surface area contributed by atoms with Crippen LogP contribution in [0.3, 0.4) is 0 Å². The summed E-state index contributed by atoms with van der Waals surface area (Å²) < 4.78 is 1.96. The largest absolute Gasteiger partial charge is 0.381 e. The number of hydrogen-bond donors (Lipinski definition) is 1. The Morgan fingerprint density at radius 3 is 2.53 bits per heavy atom. The van der Waals surface area contributed by atoms with Gasteiger partial charge in [0.2, 0.25) is 0 Å². The van der Waals surface area contributed by atoms with Gasteiger partial charge in [0.1, 0.15) is 0 Å². The molecule has 0 spiro atoms. The first kappa shape index (κ1) is 12.2. The van der Waals surface area contributed by atoms with E-state index < -0.39 is 0 Å². The predicted molar refractivity (Wildman–Crippen MR) is 76.0 cm³/mol. The van der Waals surface area contributed by atoms with Crippen LogP contribution in [0.4, 0.5) is 5.82 Å². The first-order valence-electron chi connectivity index (χ1n) is 6.93. The van der Waals surface area contributed by atoms with E-state index in [0.717, 1.165) is 12.2 Å². The zero-order valence-corrected chi connectivity index (χ0v) is 11.5. The van der Waals surface area contributed by atoms with E-state index in [9.17, 15) is 0 Å². The number of rotatable bonds is 4. The van der Waals surface area contributed by atoms with Crippen molar-refractivity contribution >= 4 is 5.82 Å². The Hall–Kier alpha value is -1.84. The number of benzene rings is 1. The molecule has 1 aromatic carbocycles. The van der Waals surface area contributed by atoms with Crippen LogP contribution in [0.2, 0.25) is 0 Å². The van der Waals surface area contributed by atoms with Crippen molar-refractivity contribution in [3.8, 4) is 0 Å². The number of nitrogen functional groups attached to an aromatic ring is 1. The van der Waals surface area contributed by atoms with E-state index >= 15 is 0 Å². The molecule has 0 amide bonds. The van der Waals surface area contributed by atoms with Crippen LogP contribution < -0.4 is 5.73 Å². The molecule has 0 bridgehead atoms. The fourth-order valence-corrected chi connectivity index (χ4v) is 2.41. The van der Waals surface area contributed by atoms with Gasteiger partial charge in [0, 0.05) is 5.92 Å². The zero-order valence-electron chi connectivity index (χ0n) is 11.5. The van der Waals surface area contributed by atoms with Gasteiger partial charge in [-0.25, -0.2) is 4.68 Å². The molecule has 1 fully saturated rings. The van der Waals surface area contributed by atoms with Crippen molar-refractivity contribution in [2.75, 3.05) is 5.73 Å².